The van der Waals surface area contributed by atoms with Gasteiger partial charge in [-0.3, -0.25) is 19.3 Å². The van der Waals surface area contributed by atoms with Crippen molar-refractivity contribution >= 4 is 34.1 Å². The first-order chi connectivity index (χ1) is 15.5. The van der Waals surface area contributed by atoms with Crippen LogP contribution in [0.15, 0.2) is 35.8 Å². The molecule has 1 aromatic carbocycles. The predicted molar refractivity (Wildman–Crippen MR) is 123 cm³/mol. The Morgan fingerprint density at radius 1 is 1.12 bits per heavy atom. The summed E-state index contributed by atoms with van der Waals surface area (Å²) in [6.07, 6.45) is 5.83. The number of anilines is 1. The minimum absolute atomic E-state index is 0.0204. The summed E-state index contributed by atoms with van der Waals surface area (Å²) in [6, 6.07) is 6.90. The van der Waals surface area contributed by atoms with Crippen LogP contribution >= 0.6 is 11.3 Å². The molecule has 1 amide bonds. The topological polar surface area (TPSA) is 85.8 Å². The third-order valence-corrected chi connectivity index (χ3v) is 6.27. The summed E-state index contributed by atoms with van der Waals surface area (Å²) in [7, 11) is 0. The van der Waals surface area contributed by atoms with Gasteiger partial charge in [0.2, 0.25) is 0 Å². The fraction of sp³-hybridized carbons (Fsp3) is 0.500. The van der Waals surface area contributed by atoms with E-state index in [-0.39, 0.29) is 30.6 Å². The van der Waals surface area contributed by atoms with Crippen LogP contribution in [-0.2, 0) is 14.3 Å². The molecule has 0 radical (unpaired) electrons. The maximum Gasteiger partial charge on any atom is 0.307 e. The number of ether oxygens (including phenoxy) is 2. The van der Waals surface area contributed by atoms with E-state index in [1.807, 2.05) is 12.3 Å². The highest BCUT2D eigenvalue weighted by Crippen LogP contribution is 2.29. The molecule has 0 N–H and O–H groups in total. The number of rotatable bonds is 10. The number of hydrogen-bond donors (Lipinski definition) is 0. The van der Waals surface area contributed by atoms with E-state index in [0.29, 0.717) is 23.1 Å². The standard InChI is InChI=1S/C24H30N2O5S/c1-3-30-20-11-9-18(10-12-20)21(27)13-14-22(28)31-17(2)23(29)26(24-25-15-16-32-24)19-7-5-4-6-8-19/h9-12,15-17,19H,3-8,13-14H2,1-2H3. The number of hydrogen-bond acceptors (Lipinski definition) is 7. The van der Waals surface area contributed by atoms with Crippen LogP contribution in [0.2, 0.25) is 0 Å². The molecule has 8 heteroatoms. The van der Waals surface area contributed by atoms with Crippen molar-refractivity contribution < 1.29 is 23.9 Å². The van der Waals surface area contributed by atoms with Gasteiger partial charge >= 0.3 is 5.97 Å². The van der Waals surface area contributed by atoms with Gasteiger partial charge in [-0.15, -0.1) is 11.3 Å². The third-order valence-electron chi connectivity index (χ3n) is 5.50. The molecule has 1 atom stereocenters. The van der Waals surface area contributed by atoms with Crippen molar-refractivity contribution in [1.29, 1.82) is 0 Å². The molecular formula is C24H30N2O5S. The van der Waals surface area contributed by atoms with Gasteiger partial charge in [-0.2, -0.15) is 0 Å². The van der Waals surface area contributed by atoms with Crippen molar-refractivity contribution in [2.24, 2.45) is 0 Å². The normalized spacial score (nSPS) is 15.1. The SMILES string of the molecule is CCOc1ccc(C(=O)CCC(=O)OC(C)C(=O)N(c2nccs2)C2CCCCC2)cc1. The molecule has 32 heavy (non-hydrogen) atoms. The Labute approximate surface area is 192 Å². The minimum atomic E-state index is -0.936. The zero-order valence-corrected chi connectivity index (χ0v) is 19.4. The Kier molecular flexibility index (Phi) is 8.79. The van der Waals surface area contributed by atoms with E-state index in [1.54, 1.807) is 42.3 Å². The monoisotopic (exact) mass is 458 g/mol. The summed E-state index contributed by atoms with van der Waals surface area (Å²) in [4.78, 5) is 43.9. The zero-order valence-electron chi connectivity index (χ0n) is 18.6. The first-order valence-electron chi connectivity index (χ1n) is 11.2. The van der Waals surface area contributed by atoms with E-state index < -0.39 is 12.1 Å². The lowest BCUT2D eigenvalue weighted by Gasteiger charge is -2.33. The second-order valence-corrected chi connectivity index (χ2v) is 8.70. The van der Waals surface area contributed by atoms with Gasteiger partial charge in [0.05, 0.1) is 13.0 Å². The highest BCUT2D eigenvalue weighted by atomic mass is 32.1. The first kappa shape index (κ1) is 23.9. The van der Waals surface area contributed by atoms with Crippen LogP contribution in [0, 0.1) is 0 Å². The summed E-state index contributed by atoms with van der Waals surface area (Å²) >= 11 is 1.40. The average molecular weight is 459 g/mol. The van der Waals surface area contributed by atoms with Gasteiger partial charge < -0.3 is 9.47 Å². The largest absolute Gasteiger partial charge is 0.494 e. The Balaban J connectivity index is 1.54. The van der Waals surface area contributed by atoms with Gasteiger partial charge in [0.25, 0.3) is 5.91 Å². The number of ketones is 1. The number of thiazole rings is 1. The van der Waals surface area contributed by atoms with E-state index >= 15 is 0 Å². The lowest BCUT2D eigenvalue weighted by Crippen LogP contribution is -2.47. The number of carbonyl (C=O) groups is 3. The van der Waals surface area contributed by atoms with Crippen molar-refractivity contribution in [3.8, 4) is 5.75 Å². The molecule has 0 spiro atoms. The first-order valence-corrected chi connectivity index (χ1v) is 12.1. The van der Waals surface area contributed by atoms with Crippen LogP contribution in [0.3, 0.4) is 0 Å². The number of amides is 1. The van der Waals surface area contributed by atoms with Crippen LogP contribution in [0.25, 0.3) is 0 Å². The molecule has 172 valence electrons. The van der Waals surface area contributed by atoms with Crippen LogP contribution < -0.4 is 9.64 Å². The summed E-state index contributed by atoms with van der Waals surface area (Å²) in [5.41, 5.74) is 0.512. The number of carbonyl (C=O) groups excluding carboxylic acids is 3. The van der Waals surface area contributed by atoms with Crippen molar-refractivity contribution in [3.05, 3.63) is 41.4 Å². The molecule has 2 aromatic rings. The van der Waals surface area contributed by atoms with Crippen molar-refractivity contribution in [2.45, 2.75) is 70.9 Å². The fourth-order valence-electron chi connectivity index (χ4n) is 3.87. The molecule has 1 aromatic heterocycles. The Morgan fingerprint density at radius 2 is 1.84 bits per heavy atom. The minimum Gasteiger partial charge on any atom is -0.494 e. The molecule has 3 rings (SSSR count). The van der Waals surface area contributed by atoms with E-state index in [2.05, 4.69) is 4.98 Å². The van der Waals surface area contributed by atoms with Crippen molar-refractivity contribution in [3.63, 3.8) is 0 Å². The van der Waals surface area contributed by atoms with E-state index in [1.165, 1.54) is 17.8 Å². The maximum absolute atomic E-state index is 13.2. The predicted octanol–water partition coefficient (Wildman–Crippen LogP) is 4.80. The molecule has 0 bridgehead atoms. The zero-order chi connectivity index (χ0) is 22.9. The number of benzene rings is 1. The number of esters is 1. The summed E-state index contributed by atoms with van der Waals surface area (Å²) in [6.45, 7) is 4.02. The lowest BCUT2D eigenvalue weighted by molar-refractivity contribution is -0.154. The molecule has 1 aliphatic carbocycles. The smallest absolute Gasteiger partial charge is 0.307 e. The van der Waals surface area contributed by atoms with Gasteiger partial charge in [0, 0.05) is 29.6 Å². The van der Waals surface area contributed by atoms with Gasteiger partial charge in [-0.05, 0) is 51.0 Å². The Bertz CT molecular complexity index is 892. The summed E-state index contributed by atoms with van der Waals surface area (Å²) in [5.74, 6) is -0.292. The van der Waals surface area contributed by atoms with E-state index in [0.717, 1.165) is 25.7 Å². The maximum atomic E-state index is 13.2. The average Bonchev–Trinajstić information content (AvgIpc) is 3.33. The third kappa shape index (κ3) is 6.38. The van der Waals surface area contributed by atoms with Crippen LogP contribution in [0.5, 0.6) is 5.75 Å². The highest BCUT2D eigenvalue weighted by molar-refractivity contribution is 7.13. The molecule has 7 nitrogen and oxygen atoms in total. The molecule has 1 saturated carbocycles. The van der Waals surface area contributed by atoms with Gasteiger partial charge in [0.1, 0.15) is 5.75 Å². The van der Waals surface area contributed by atoms with Gasteiger partial charge in [0.15, 0.2) is 17.0 Å². The molecular weight excluding hydrogens is 428 g/mol. The molecule has 1 fully saturated rings. The molecule has 1 unspecified atom stereocenters. The molecule has 1 aliphatic rings. The fourth-order valence-corrected chi connectivity index (χ4v) is 4.59. The molecule has 0 aliphatic heterocycles. The van der Waals surface area contributed by atoms with Crippen LogP contribution in [0.4, 0.5) is 5.13 Å². The molecule has 0 saturated heterocycles. The summed E-state index contributed by atoms with van der Waals surface area (Å²) < 4.78 is 10.8. The van der Waals surface area contributed by atoms with Crippen LogP contribution in [-0.4, -0.2) is 41.4 Å². The Hall–Kier alpha value is -2.74. The second kappa shape index (κ2) is 11.8. The van der Waals surface area contributed by atoms with E-state index in [9.17, 15) is 14.4 Å². The van der Waals surface area contributed by atoms with Gasteiger partial charge in [-0.1, -0.05) is 19.3 Å². The van der Waals surface area contributed by atoms with Gasteiger partial charge in [-0.25, -0.2) is 4.98 Å². The lowest BCUT2D eigenvalue weighted by atomic mass is 9.94. The van der Waals surface area contributed by atoms with E-state index in [4.69, 9.17) is 9.47 Å². The Morgan fingerprint density at radius 3 is 2.47 bits per heavy atom. The molecule has 1 heterocycles. The summed E-state index contributed by atoms with van der Waals surface area (Å²) in [5, 5.41) is 2.47. The second-order valence-electron chi connectivity index (χ2n) is 7.83. The number of Topliss-reactive ketones (excluding diaryl/α,β-unsaturated/α-hetero) is 1. The number of aromatic nitrogens is 1. The number of nitrogens with zero attached hydrogens (tertiary/aromatic N) is 2. The van der Waals surface area contributed by atoms with Crippen molar-refractivity contribution in [2.75, 3.05) is 11.5 Å². The highest BCUT2D eigenvalue weighted by Gasteiger charge is 2.33. The van der Waals surface area contributed by atoms with Crippen molar-refractivity contribution in [1.82, 2.24) is 4.98 Å². The van der Waals surface area contributed by atoms with Crippen LogP contribution in [0.1, 0.15) is 69.2 Å². The quantitative estimate of drug-likeness (QED) is 0.375.